The van der Waals surface area contributed by atoms with E-state index in [2.05, 4.69) is 4.74 Å². The van der Waals surface area contributed by atoms with E-state index in [1.165, 1.54) is 19.2 Å². The van der Waals surface area contributed by atoms with Crippen molar-refractivity contribution in [1.29, 1.82) is 0 Å². The second kappa shape index (κ2) is 8.51. The molecular formula is C21H22F2N2O5. The van der Waals surface area contributed by atoms with Crippen LogP contribution in [0, 0.1) is 5.92 Å². The van der Waals surface area contributed by atoms with Crippen LogP contribution in [0.25, 0.3) is 11.3 Å². The van der Waals surface area contributed by atoms with Gasteiger partial charge in [-0.25, -0.2) is 0 Å². The number of alkyl halides is 2. The van der Waals surface area contributed by atoms with Crippen LogP contribution < -0.4 is 4.74 Å². The van der Waals surface area contributed by atoms with Crippen molar-refractivity contribution in [3.63, 3.8) is 0 Å². The monoisotopic (exact) mass is 420 g/mol. The molecule has 1 aliphatic carbocycles. The van der Waals surface area contributed by atoms with Gasteiger partial charge < -0.3 is 14.2 Å². The van der Waals surface area contributed by atoms with Gasteiger partial charge in [0.2, 0.25) is 0 Å². The number of Topliss-reactive ketones (excluding diaryl/α,β-unsaturated/α-hetero) is 1. The summed E-state index contributed by atoms with van der Waals surface area (Å²) >= 11 is 0. The molecule has 1 fully saturated rings. The average molecular weight is 420 g/mol. The molecule has 0 amide bonds. The predicted molar refractivity (Wildman–Crippen MR) is 102 cm³/mol. The molecule has 1 atom stereocenters. The zero-order valence-electron chi connectivity index (χ0n) is 16.5. The molecule has 1 saturated heterocycles. The number of hydrogen-bond donors (Lipinski definition) is 0. The molecule has 2 aromatic rings. The van der Waals surface area contributed by atoms with Gasteiger partial charge in [-0.3, -0.25) is 14.3 Å². The maximum Gasteiger partial charge on any atom is 0.387 e. The number of aromatic nitrogens is 2. The minimum Gasteiger partial charge on any atom is -0.469 e. The molecule has 2 heterocycles. The Morgan fingerprint density at radius 1 is 1.27 bits per heavy atom. The van der Waals surface area contributed by atoms with Crippen LogP contribution in [0.3, 0.4) is 0 Å². The fraction of sp³-hybridized carbons (Fsp3) is 0.476. The highest BCUT2D eigenvalue weighted by atomic mass is 19.3. The molecule has 0 N–H and O–H groups in total. The normalized spacial score (nSPS) is 19.6. The Hall–Kier alpha value is -2.81. The number of methoxy groups -OCH3 is 1. The number of esters is 1. The molecule has 0 saturated carbocycles. The number of carbonyl (C=O) groups is 2. The largest absolute Gasteiger partial charge is 0.469 e. The molecule has 0 bridgehead atoms. The molecule has 160 valence electrons. The summed E-state index contributed by atoms with van der Waals surface area (Å²) in [6.45, 7) is -1.78. The summed E-state index contributed by atoms with van der Waals surface area (Å²) in [6.07, 6.45) is 1.84. The Balaban J connectivity index is 1.80. The lowest BCUT2D eigenvalue weighted by atomic mass is 9.84. The zero-order valence-corrected chi connectivity index (χ0v) is 16.5. The first kappa shape index (κ1) is 20.5. The molecule has 1 aromatic heterocycles. The van der Waals surface area contributed by atoms with Crippen molar-refractivity contribution in [1.82, 2.24) is 9.78 Å². The molecule has 0 spiro atoms. The van der Waals surface area contributed by atoms with Gasteiger partial charge in [0.05, 0.1) is 30.3 Å². The SMILES string of the molecule is COC(=O)C1CC(=O)c2c(-c3cccc(OC(F)F)c3)nn(C3CCOCC3)c2C1. The maximum absolute atomic E-state index is 13.0. The van der Waals surface area contributed by atoms with E-state index in [1.54, 1.807) is 12.1 Å². The van der Waals surface area contributed by atoms with E-state index in [1.807, 2.05) is 4.68 Å². The van der Waals surface area contributed by atoms with Gasteiger partial charge in [-0.1, -0.05) is 12.1 Å². The Labute approximate surface area is 171 Å². The first-order chi connectivity index (χ1) is 14.5. The third-order valence-corrected chi connectivity index (χ3v) is 5.56. The number of halogens is 2. The van der Waals surface area contributed by atoms with Crippen LogP contribution in [0.15, 0.2) is 24.3 Å². The second-order valence-corrected chi connectivity index (χ2v) is 7.42. The van der Waals surface area contributed by atoms with Gasteiger partial charge >= 0.3 is 12.6 Å². The highest BCUT2D eigenvalue weighted by Gasteiger charge is 2.37. The third-order valence-electron chi connectivity index (χ3n) is 5.56. The van der Waals surface area contributed by atoms with E-state index in [0.717, 1.165) is 12.8 Å². The lowest BCUT2D eigenvalue weighted by Crippen LogP contribution is -2.30. The standard InChI is InChI=1S/C21H22F2N2O5/c1-28-20(27)13-10-16-18(17(26)11-13)19(24-25(16)14-5-7-29-8-6-14)12-3-2-4-15(9-12)30-21(22)23/h2-4,9,13-14,21H,5-8,10-11H2,1H3. The fourth-order valence-corrected chi connectivity index (χ4v) is 4.18. The van der Waals surface area contributed by atoms with Crippen LogP contribution in [0.5, 0.6) is 5.75 Å². The molecule has 2 aliphatic rings. The van der Waals surface area contributed by atoms with Crippen molar-refractivity contribution in [2.24, 2.45) is 5.92 Å². The quantitative estimate of drug-likeness (QED) is 0.690. The predicted octanol–water partition coefficient (Wildman–Crippen LogP) is 3.42. The Bertz CT molecular complexity index is 953. The first-order valence-corrected chi connectivity index (χ1v) is 9.83. The summed E-state index contributed by atoms with van der Waals surface area (Å²) in [5.74, 6) is -1.21. The highest BCUT2D eigenvalue weighted by molar-refractivity contribution is 6.05. The van der Waals surface area contributed by atoms with Gasteiger partial charge in [-0.05, 0) is 25.0 Å². The number of ether oxygens (including phenoxy) is 3. The van der Waals surface area contributed by atoms with E-state index >= 15 is 0 Å². The van der Waals surface area contributed by atoms with Crippen LogP contribution in [0.2, 0.25) is 0 Å². The fourth-order valence-electron chi connectivity index (χ4n) is 4.18. The number of ketones is 1. The first-order valence-electron chi connectivity index (χ1n) is 9.83. The lowest BCUT2D eigenvalue weighted by molar-refractivity contribution is -0.145. The highest BCUT2D eigenvalue weighted by Crippen LogP contribution is 2.37. The Kier molecular flexibility index (Phi) is 5.80. The van der Waals surface area contributed by atoms with E-state index in [9.17, 15) is 18.4 Å². The molecule has 0 radical (unpaired) electrons. The molecule has 4 rings (SSSR count). The molecule has 1 aromatic carbocycles. The molecule has 9 heteroatoms. The van der Waals surface area contributed by atoms with Crippen LogP contribution >= 0.6 is 0 Å². The summed E-state index contributed by atoms with van der Waals surface area (Å²) in [4.78, 5) is 25.2. The summed E-state index contributed by atoms with van der Waals surface area (Å²) in [5.41, 5.74) is 2.06. The average Bonchev–Trinajstić information content (AvgIpc) is 3.14. The van der Waals surface area contributed by atoms with Crippen molar-refractivity contribution in [3.05, 3.63) is 35.5 Å². The zero-order chi connectivity index (χ0) is 21.3. The maximum atomic E-state index is 13.0. The van der Waals surface area contributed by atoms with Gasteiger partial charge in [0.1, 0.15) is 11.4 Å². The van der Waals surface area contributed by atoms with Crippen LogP contribution in [0.1, 0.15) is 41.4 Å². The molecular weight excluding hydrogens is 398 g/mol. The minimum atomic E-state index is -2.95. The van der Waals surface area contributed by atoms with Crippen molar-refractivity contribution in [2.75, 3.05) is 20.3 Å². The Morgan fingerprint density at radius 2 is 2.03 bits per heavy atom. The number of benzene rings is 1. The van der Waals surface area contributed by atoms with Crippen molar-refractivity contribution < 1.29 is 32.6 Å². The summed E-state index contributed by atoms with van der Waals surface area (Å²) in [5, 5.41) is 4.72. The van der Waals surface area contributed by atoms with E-state index in [4.69, 9.17) is 14.6 Å². The van der Waals surface area contributed by atoms with Crippen molar-refractivity contribution >= 4 is 11.8 Å². The smallest absolute Gasteiger partial charge is 0.387 e. The number of nitrogens with zero attached hydrogens (tertiary/aromatic N) is 2. The van der Waals surface area contributed by atoms with E-state index in [-0.39, 0.29) is 24.0 Å². The number of carbonyl (C=O) groups excluding carboxylic acids is 2. The number of fused-ring (bicyclic) bond motifs is 1. The molecule has 1 unspecified atom stereocenters. The molecule has 7 nitrogen and oxygen atoms in total. The van der Waals surface area contributed by atoms with Gasteiger partial charge in [0, 0.05) is 31.6 Å². The van der Waals surface area contributed by atoms with Crippen LogP contribution in [-0.2, 0) is 20.7 Å². The summed E-state index contributed by atoms with van der Waals surface area (Å²) in [6, 6.07) is 6.19. The number of hydrogen-bond acceptors (Lipinski definition) is 6. The van der Waals surface area contributed by atoms with Gasteiger partial charge in [-0.2, -0.15) is 13.9 Å². The van der Waals surface area contributed by atoms with Gasteiger partial charge in [-0.15, -0.1) is 0 Å². The van der Waals surface area contributed by atoms with Crippen LogP contribution in [-0.4, -0.2) is 48.5 Å². The third kappa shape index (κ3) is 3.94. The van der Waals surface area contributed by atoms with Gasteiger partial charge in [0.25, 0.3) is 0 Å². The van der Waals surface area contributed by atoms with Crippen LogP contribution in [0.4, 0.5) is 8.78 Å². The second-order valence-electron chi connectivity index (χ2n) is 7.42. The Morgan fingerprint density at radius 3 is 2.73 bits per heavy atom. The minimum absolute atomic E-state index is 0.00689. The van der Waals surface area contributed by atoms with Gasteiger partial charge in [0.15, 0.2) is 5.78 Å². The molecule has 30 heavy (non-hydrogen) atoms. The van der Waals surface area contributed by atoms with Crippen molar-refractivity contribution in [3.8, 4) is 17.0 Å². The summed E-state index contributed by atoms with van der Waals surface area (Å²) < 4.78 is 41.9. The van der Waals surface area contributed by atoms with E-state index in [0.29, 0.717) is 42.1 Å². The summed E-state index contributed by atoms with van der Waals surface area (Å²) in [7, 11) is 1.30. The van der Waals surface area contributed by atoms with E-state index < -0.39 is 18.5 Å². The number of rotatable bonds is 5. The topological polar surface area (TPSA) is 79.7 Å². The lowest BCUT2D eigenvalue weighted by Gasteiger charge is -2.27. The molecule has 1 aliphatic heterocycles. The van der Waals surface area contributed by atoms with Crippen molar-refractivity contribution in [2.45, 2.75) is 38.3 Å².